The lowest BCUT2D eigenvalue weighted by molar-refractivity contribution is 0.0606. The molecule has 3 aliphatic heterocycles. The lowest BCUT2D eigenvalue weighted by Gasteiger charge is -2.35. The third-order valence-electron chi connectivity index (χ3n) is 8.55. The number of sulfonamides is 1. The van der Waals surface area contributed by atoms with E-state index in [-0.39, 0.29) is 23.6 Å². The van der Waals surface area contributed by atoms with E-state index in [1.54, 1.807) is 16.6 Å². The van der Waals surface area contributed by atoms with Gasteiger partial charge in [-0.1, -0.05) is 11.6 Å². The summed E-state index contributed by atoms with van der Waals surface area (Å²) in [6.07, 6.45) is 4.61. The highest BCUT2D eigenvalue weighted by Crippen LogP contribution is 2.36. The van der Waals surface area contributed by atoms with Crippen LogP contribution in [-0.2, 0) is 10.0 Å². The van der Waals surface area contributed by atoms with Crippen molar-refractivity contribution in [3.63, 3.8) is 0 Å². The van der Waals surface area contributed by atoms with Crippen molar-refractivity contribution in [2.75, 3.05) is 47.7 Å². The van der Waals surface area contributed by atoms with Crippen molar-refractivity contribution in [2.45, 2.75) is 51.7 Å². The summed E-state index contributed by atoms with van der Waals surface area (Å²) in [5.41, 5.74) is 4.16. The molecule has 3 atom stereocenters. The van der Waals surface area contributed by atoms with Gasteiger partial charge in [-0.2, -0.15) is 5.10 Å². The summed E-state index contributed by atoms with van der Waals surface area (Å²) in [4.78, 5) is 27.0. The lowest BCUT2D eigenvalue weighted by atomic mass is 9.97. The van der Waals surface area contributed by atoms with Crippen LogP contribution in [0.4, 0.5) is 11.5 Å². The third kappa shape index (κ3) is 5.07. The highest BCUT2D eigenvalue weighted by molar-refractivity contribution is 7.93. The number of amides is 1. The second-order valence-electron chi connectivity index (χ2n) is 11.5. The van der Waals surface area contributed by atoms with Gasteiger partial charge in [-0.15, -0.1) is 0 Å². The Hall–Kier alpha value is -3.51. The van der Waals surface area contributed by atoms with E-state index in [1.807, 2.05) is 37.1 Å². The van der Waals surface area contributed by atoms with Crippen LogP contribution >= 0.6 is 0 Å². The summed E-state index contributed by atoms with van der Waals surface area (Å²) in [7, 11) is -3.44. The standard InChI is InChI=1S/C29H37N7O4S/c1-19-8-9-24(36-11-6-12-41(36,39)40)22(13-19)29(38)34-10-5-4-7-25(34)23-14-27-31-28(20(2)16-35(27)32-23)33-17-21(15-30-3)26(37)18-33/h8-9,13-14,16,21,25-26,37H,3-7,10-12,15,17-18H2,1-2H3/t21-,25+,26+/m1/s1. The van der Waals surface area contributed by atoms with Crippen LogP contribution in [0, 0.1) is 19.8 Å². The number of nitrogens with zero attached hydrogens (tertiary/aromatic N) is 7. The summed E-state index contributed by atoms with van der Waals surface area (Å²) in [5, 5.41) is 15.3. The highest BCUT2D eigenvalue weighted by atomic mass is 32.2. The minimum Gasteiger partial charge on any atom is -0.391 e. The molecule has 0 spiro atoms. The number of β-amino-alcohol motifs (C(OH)–C–C–N with tert-alkyl or cyclic N) is 1. The minimum atomic E-state index is -3.44. The summed E-state index contributed by atoms with van der Waals surface area (Å²) in [6, 6.07) is 7.11. The molecule has 0 bridgehead atoms. The number of aromatic nitrogens is 3. The number of aryl methyl sites for hydroxylation is 2. The zero-order valence-corrected chi connectivity index (χ0v) is 24.4. The number of benzene rings is 1. The van der Waals surface area contributed by atoms with E-state index in [9.17, 15) is 18.3 Å². The molecule has 3 aromatic rings. The molecule has 2 aromatic heterocycles. The Labute approximate surface area is 240 Å². The molecular formula is C29H37N7O4S. The molecule has 1 N–H and O–H groups in total. The molecule has 11 nitrogen and oxygen atoms in total. The Morgan fingerprint density at radius 3 is 2.73 bits per heavy atom. The normalized spacial score (nSPS) is 24.4. The maximum atomic E-state index is 14.1. The summed E-state index contributed by atoms with van der Waals surface area (Å²) in [5.74, 6) is 0.750. The van der Waals surface area contributed by atoms with Crippen LogP contribution in [0.3, 0.4) is 0 Å². The SMILES string of the molecule is C=NC[C@@H]1CN(c2nc3cc([C@@H]4CCCCN4C(=O)c4cc(C)ccc4N4CCCS4(=O)=O)nn3cc2C)C[C@@H]1O. The largest absolute Gasteiger partial charge is 0.391 e. The Balaban J connectivity index is 1.32. The van der Waals surface area contributed by atoms with E-state index in [2.05, 4.69) is 16.6 Å². The number of aliphatic imine (C=N–C) groups is 1. The predicted molar refractivity (Wildman–Crippen MR) is 158 cm³/mol. The number of likely N-dealkylation sites (tertiary alicyclic amines) is 1. The fraction of sp³-hybridized carbons (Fsp3) is 0.517. The van der Waals surface area contributed by atoms with E-state index in [0.29, 0.717) is 56.0 Å². The van der Waals surface area contributed by atoms with Crippen LogP contribution in [-0.4, -0.2) is 90.2 Å². The van der Waals surface area contributed by atoms with Crippen molar-refractivity contribution in [3.8, 4) is 0 Å². The number of aliphatic hydroxyl groups is 1. The number of hydrogen-bond donors (Lipinski definition) is 1. The maximum absolute atomic E-state index is 14.1. The molecule has 3 saturated heterocycles. The van der Waals surface area contributed by atoms with Crippen molar-refractivity contribution in [1.29, 1.82) is 0 Å². The predicted octanol–water partition coefficient (Wildman–Crippen LogP) is 2.75. The molecule has 12 heteroatoms. The van der Waals surface area contributed by atoms with Crippen LogP contribution in [0.2, 0.25) is 0 Å². The molecule has 5 heterocycles. The summed E-state index contributed by atoms with van der Waals surface area (Å²) >= 11 is 0. The Morgan fingerprint density at radius 2 is 1.98 bits per heavy atom. The molecule has 1 amide bonds. The van der Waals surface area contributed by atoms with Gasteiger partial charge in [0.25, 0.3) is 5.91 Å². The van der Waals surface area contributed by atoms with Gasteiger partial charge >= 0.3 is 0 Å². The first-order valence-electron chi connectivity index (χ1n) is 14.3. The molecule has 3 fully saturated rings. The first kappa shape index (κ1) is 27.6. The molecule has 41 heavy (non-hydrogen) atoms. The van der Waals surface area contributed by atoms with E-state index in [1.165, 1.54) is 4.31 Å². The van der Waals surface area contributed by atoms with Crippen LogP contribution in [0.15, 0.2) is 35.5 Å². The van der Waals surface area contributed by atoms with Crippen LogP contribution in [0.25, 0.3) is 5.65 Å². The number of hydrogen-bond acceptors (Lipinski definition) is 8. The van der Waals surface area contributed by atoms with Crippen molar-refractivity contribution >= 4 is 39.8 Å². The molecule has 0 unspecified atom stereocenters. The zero-order chi connectivity index (χ0) is 28.9. The summed E-state index contributed by atoms with van der Waals surface area (Å²) in [6.45, 7) is 10.1. The van der Waals surface area contributed by atoms with Crippen LogP contribution in [0.1, 0.15) is 58.9 Å². The van der Waals surface area contributed by atoms with Crippen molar-refractivity contribution in [3.05, 3.63) is 52.8 Å². The fourth-order valence-electron chi connectivity index (χ4n) is 6.46. The lowest BCUT2D eigenvalue weighted by Crippen LogP contribution is -2.39. The number of anilines is 2. The van der Waals surface area contributed by atoms with Crippen molar-refractivity contribution < 1.29 is 18.3 Å². The Bertz CT molecular complexity index is 1600. The molecular weight excluding hydrogens is 542 g/mol. The third-order valence-corrected chi connectivity index (χ3v) is 10.4. The van der Waals surface area contributed by atoms with Gasteiger partial charge < -0.3 is 19.9 Å². The zero-order valence-electron chi connectivity index (χ0n) is 23.6. The second kappa shape index (κ2) is 10.7. The smallest absolute Gasteiger partial charge is 0.256 e. The number of fused-ring (bicyclic) bond motifs is 1. The van der Waals surface area contributed by atoms with E-state index >= 15 is 0 Å². The van der Waals surface area contributed by atoms with Gasteiger partial charge in [0.05, 0.1) is 34.8 Å². The quantitative estimate of drug-likeness (QED) is 0.446. The summed E-state index contributed by atoms with van der Waals surface area (Å²) < 4.78 is 28.7. The van der Waals surface area contributed by atoms with Crippen LogP contribution < -0.4 is 9.21 Å². The van der Waals surface area contributed by atoms with Gasteiger partial charge in [-0.25, -0.2) is 17.9 Å². The molecule has 218 valence electrons. The average molecular weight is 580 g/mol. The topological polar surface area (TPSA) is 124 Å². The monoisotopic (exact) mass is 579 g/mol. The van der Waals surface area contributed by atoms with E-state index in [0.717, 1.165) is 41.9 Å². The molecule has 3 aliphatic rings. The highest BCUT2D eigenvalue weighted by Gasteiger charge is 2.36. The number of aliphatic hydroxyl groups excluding tert-OH is 1. The van der Waals surface area contributed by atoms with Gasteiger partial charge in [0, 0.05) is 56.5 Å². The van der Waals surface area contributed by atoms with Gasteiger partial charge in [0.15, 0.2) is 5.65 Å². The van der Waals surface area contributed by atoms with Crippen molar-refractivity contribution in [2.24, 2.45) is 10.9 Å². The Kier molecular flexibility index (Phi) is 7.23. The number of piperidine rings is 1. The molecule has 0 saturated carbocycles. The van der Waals surface area contributed by atoms with Gasteiger partial charge in [-0.05, 0) is 58.4 Å². The first-order valence-corrected chi connectivity index (χ1v) is 15.9. The molecule has 0 radical (unpaired) electrons. The number of carbonyl (C=O) groups excluding carboxylic acids is 1. The fourth-order valence-corrected chi connectivity index (χ4v) is 8.04. The van der Waals surface area contributed by atoms with Gasteiger partial charge in [-0.3, -0.25) is 9.10 Å². The maximum Gasteiger partial charge on any atom is 0.256 e. The molecule has 0 aliphatic carbocycles. The number of rotatable bonds is 6. The average Bonchev–Trinajstić information content (AvgIpc) is 3.63. The van der Waals surface area contributed by atoms with Crippen LogP contribution in [0.5, 0.6) is 0 Å². The Morgan fingerprint density at radius 1 is 1.15 bits per heavy atom. The number of carbonyl (C=O) groups is 1. The molecule has 1 aromatic carbocycles. The van der Waals surface area contributed by atoms with Gasteiger partial charge in [0.1, 0.15) is 5.82 Å². The van der Waals surface area contributed by atoms with Crippen molar-refractivity contribution in [1.82, 2.24) is 19.5 Å². The second-order valence-corrected chi connectivity index (χ2v) is 13.5. The van der Waals surface area contributed by atoms with E-state index in [4.69, 9.17) is 10.1 Å². The minimum absolute atomic E-state index is 0.0225. The first-order chi connectivity index (χ1) is 19.7. The van der Waals surface area contributed by atoms with E-state index < -0.39 is 16.1 Å². The molecule has 6 rings (SSSR count). The van der Waals surface area contributed by atoms with Gasteiger partial charge in [0.2, 0.25) is 10.0 Å².